The molecule has 0 aliphatic heterocycles. The van der Waals surface area contributed by atoms with Gasteiger partial charge in [0, 0.05) is 11.6 Å². The minimum Gasteiger partial charge on any atom is -0.515 e. The lowest BCUT2D eigenvalue weighted by Gasteiger charge is -2.13. The largest absolute Gasteiger partial charge is 0.515 e. The molecule has 0 heterocycles. The van der Waals surface area contributed by atoms with E-state index in [1.54, 1.807) is 42.5 Å². The molecular formula is C18H18O5. The van der Waals surface area contributed by atoms with Gasteiger partial charge in [-0.05, 0) is 18.2 Å². The van der Waals surface area contributed by atoms with E-state index in [4.69, 9.17) is 14.2 Å². The second-order valence-corrected chi connectivity index (χ2v) is 4.64. The highest BCUT2D eigenvalue weighted by Gasteiger charge is 2.21. The van der Waals surface area contributed by atoms with Crippen LogP contribution in [0.15, 0.2) is 48.7 Å². The van der Waals surface area contributed by atoms with Gasteiger partial charge in [-0.3, -0.25) is 4.79 Å². The zero-order valence-corrected chi connectivity index (χ0v) is 13.2. The standard InChI is InChI=1S/C18H18O5/c1-21-12-8-9-14(17(10-12)23-3)18(20)15(11-19)13-6-4-5-7-16(13)22-2/h4-11,19H,1-3H3. The lowest BCUT2D eigenvalue weighted by molar-refractivity contribution is 0.105. The Balaban J connectivity index is 2.50. The monoisotopic (exact) mass is 314 g/mol. The van der Waals surface area contributed by atoms with Gasteiger partial charge in [0.15, 0.2) is 0 Å². The van der Waals surface area contributed by atoms with Crippen LogP contribution in [0.5, 0.6) is 17.2 Å². The zero-order valence-electron chi connectivity index (χ0n) is 13.2. The summed E-state index contributed by atoms with van der Waals surface area (Å²) >= 11 is 0. The summed E-state index contributed by atoms with van der Waals surface area (Å²) in [6, 6.07) is 11.8. The molecule has 0 saturated carbocycles. The third-order valence-corrected chi connectivity index (χ3v) is 3.42. The van der Waals surface area contributed by atoms with Crippen LogP contribution >= 0.6 is 0 Å². The Morgan fingerprint density at radius 1 is 0.913 bits per heavy atom. The van der Waals surface area contributed by atoms with Gasteiger partial charge in [-0.1, -0.05) is 18.2 Å². The molecule has 0 bridgehead atoms. The van der Waals surface area contributed by atoms with Crippen LogP contribution in [-0.2, 0) is 0 Å². The molecule has 2 aromatic carbocycles. The lowest BCUT2D eigenvalue weighted by Crippen LogP contribution is -2.07. The van der Waals surface area contributed by atoms with Gasteiger partial charge in [-0.2, -0.15) is 0 Å². The summed E-state index contributed by atoms with van der Waals surface area (Å²) in [5, 5.41) is 9.59. The summed E-state index contributed by atoms with van der Waals surface area (Å²) in [5.74, 6) is 1.05. The number of ketones is 1. The van der Waals surface area contributed by atoms with E-state index in [1.807, 2.05) is 0 Å². The third-order valence-electron chi connectivity index (χ3n) is 3.42. The van der Waals surface area contributed by atoms with Crippen LogP contribution in [0.4, 0.5) is 0 Å². The van der Waals surface area contributed by atoms with Gasteiger partial charge in [0.25, 0.3) is 0 Å². The molecule has 0 fully saturated rings. The van der Waals surface area contributed by atoms with E-state index in [0.29, 0.717) is 28.4 Å². The molecule has 0 saturated heterocycles. The fourth-order valence-corrected chi connectivity index (χ4v) is 2.25. The Morgan fingerprint density at radius 3 is 2.22 bits per heavy atom. The van der Waals surface area contributed by atoms with Crippen LogP contribution in [0.3, 0.4) is 0 Å². The van der Waals surface area contributed by atoms with Crippen molar-refractivity contribution < 1.29 is 24.1 Å². The van der Waals surface area contributed by atoms with E-state index in [2.05, 4.69) is 0 Å². The van der Waals surface area contributed by atoms with Gasteiger partial charge in [-0.15, -0.1) is 0 Å². The van der Waals surface area contributed by atoms with Crippen LogP contribution in [-0.4, -0.2) is 32.2 Å². The maximum Gasteiger partial charge on any atom is 0.200 e. The fraction of sp³-hybridized carbons (Fsp3) is 0.167. The molecular weight excluding hydrogens is 296 g/mol. The Bertz CT molecular complexity index is 734. The van der Waals surface area contributed by atoms with E-state index >= 15 is 0 Å². The third kappa shape index (κ3) is 3.29. The number of aliphatic hydroxyl groups is 1. The number of hydrogen-bond donors (Lipinski definition) is 1. The number of Topliss-reactive ketones (excluding diaryl/α,β-unsaturated/α-hetero) is 1. The van der Waals surface area contributed by atoms with Crippen molar-refractivity contribution in [2.45, 2.75) is 0 Å². The number of carbonyl (C=O) groups excluding carboxylic acids is 1. The van der Waals surface area contributed by atoms with Crippen molar-refractivity contribution in [2.75, 3.05) is 21.3 Å². The van der Waals surface area contributed by atoms with Crippen LogP contribution in [0.2, 0.25) is 0 Å². The van der Waals surface area contributed by atoms with Crippen molar-refractivity contribution in [3.05, 3.63) is 59.9 Å². The molecule has 0 aliphatic carbocycles. The Hall–Kier alpha value is -2.95. The Kier molecular flexibility index (Phi) is 5.25. The smallest absolute Gasteiger partial charge is 0.200 e. The summed E-state index contributed by atoms with van der Waals surface area (Å²) in [6.45, 7) is 0. The highest BCUT2D eigenvalue weighted by molar-refractivity contribution is 6.30. The number of methoxy groups -OCH3 is 3. The maximum atomic E-state index is 12.8. The van der Waals surface area contributed by atoms with Crippen molar-refractivity contribution >= 4 is 11.4 Å². The maximum absolute atomic E-state index is 12.8. The molecule has 0 aromatic heterocycles. The van der Waals surface area contributed by atoms with Gasteiger partial charge in [0.2, 0.25) is 5.78 Å². The first kappa shape index (κ1) is 16.4. The predicted molar refractivity (Wildman–Crippen MR) is 87.5 cm³/mol. The number of carbonyl (C=O) groups is 1. The molecule has 0 aliphatic rings. The quantitative estimate of drug-likeness (QED) is 0.502. The molecule has 5 heteroatoms. The summed E-state index contributed by atoms with van der Waals surface area (Å²) in [4.78, 5) is 12.8. The van der Waals surface area contributed by atoms with E-state index < -0.39 is 0 Å². The van der Waals surface area contributed by atoms with Gasteiger partial charge < -0.3 is 19.3 Å². The SMILES string of the molecule is COc1ccc(C(=O)C(=CO)c2ccccc2OC)c(OC)c1. The summed E-state index contributed by atoms with van der Waals surface area (Å²) in [7, 11) is 4.51. The summed E-state index contributed by atoms with van der Waals surface area (Å²) < 4.78 is 15.6. The number of aliphatic hydroxyl groups excluding tert-OH is 1. The van der Waals surface area contributed by atoms with Crippen molar-refractivity contribution in [3.63, 3.8) is 0 Å². The molecule has 0 atom stereocenters. The van der Waals surface area contributed by atoms with E-state index in [0.717, 1.165) is 6.26 Å². The van der Waals surface area contributed by atoms with E-state index in [1.165, 1.54) is 21.3 Å². The average Bonchev–Trinajstić information content (AvgIpc) is 2.61. The molecule has 2 aromatic rings. The summed E-state index contributed by atoms with van der Waals surface area (Å²) in [5.41, 5.74) is 0.936. The number of benzene rings is 2. The van der Waals surface area contributed by atoms with Crippen LogP contribution < -0.4 is 14.2 Å². The number of para-hydroxylation sites is 1. The Morgan fingerprint density at radius 2 is 1.61 bits per heavy atom. The summed E-state index contributed by atoms with van der Waals surface area (Å²) in [6.07, 6.45) is 0.782. The molecule has 23 heavy (non-hydrogen) atoms. The number of hydrogen-bond acceptors (Lipinski definition) is 5. The van der Waals surface area contributed by atoms with Crippen LogP contribution in [0.1, 0.15) is 15.9 Å². The van der Waals surface area contributed by atoms with Crippen molar-refractivity contribution in [1.82, 2.24) is 0 Å². The van der Waals surface area contributed by atoms with Gasteiger partial charge >= 0.3 is 0 Å². The normalized spacial score (nSPS) is 11.0. The minimum absolute atomic E-state index is 0.117. The first-order valence-corrected chi connectivity index (χ1v) is 6.90. The molecule has 120 valence electrons. The lowest BCUT2D eigenvalue weighted by atomic mass is 9.96. The second kappa shape index (κ2) is 7.35. The van der Waals surface area contributed by atoms with E-state index in [-0.39, 0.29) is 11.4 Å². The van der Waals surface area contributed by atoms with Gasteiger partial charge in [0.1, 0.15) is 17.2 Å². The van der Waals surface area contributed by atoms with Crippen LogP contribution in [0.25, 0.3) is 5.57 Å². The molecule has 0 amide bonds. The zero-order chi connectivity index (χ0) is 16.8. The van der Waals surface area contributed by atoms with Gasteiger partial charge in [-0.25, -0.2) is 0 Å². The van der Waals surface area contributed by atoms with E-state index in [9.17, 15) is 9.90 Å². The first-order valence-electron chi connectivity index (χ1n) is 6.90. The number of rotatable bonds is 6. The first-order chi connectivity index (χ1) is 11.2. The Labute approximate surface area is 134 Å². The van der Waals surface area contributed by atoms with Crippen molar-refractivity contribution in [1.29, 1.82) is 0 Å². The highest BCUT2D eigenvalue weighted by atomic mass is 16.5. The fourth-order valence-electron chi connectivity index (χ4n) is 2.25. The molecule has 0 spiro atoms. The molecule has 2 rings (SSSR count). The number of allylic oxidation sites excluding steroid dienone is 1. The topological polar surface area (TPSA) is 65.0 Å². The average molecular weight is 314 g/mol. The molecule has 0 radical (unpaired) electrons. The molecule has 5 nitrogen and oxygen atoms in total. The minimum atomic E-state index is -0.378. The predicted octanol–water partition coefficient (Wildman–Crippen LogP) is 3.49. The number of ether oxygens (including phenoxy) is 3. The highest BCUT2D eigenvalue weighted by Crippen LogP contribution is 2.32. The molecule has 0 unspecified atom stereocenters. The van der Waals surface area contributed by atoms with Crippen molar-refractivity contribution in [2.24, 2.45) is 0 Å². The second-order valence-electron chi connectivity index (χ2n) is 4.64. The van der Waals surface area contributed by atoms with Gasteiger partial charge in [0.05, 0.1) is 38.7 Å². The molecule has 1 N–H and O–H groups in total. The van der Waals surface area contributed by atoms with Crippen LogP contribution in [0, 0.1) is 0 Å². The van der Waals surface area contributed by atoms with Crippen molar-refractivity contribution in [3.8, 4) is 17.2 Å².